The van der Waals surface area contributed by atoms with Gasteiger partial charge in [0, 0.05) is 17.6 Å². The third kappa shape index (κ3) is 3.15. The number of hydrogen-bond donors (Lipinski definition) is 0. The minimum Gasteiger partial charge on any atom is -0.351 e. The van der Waals surface area contributed by atoms with Crippen LogP contribution in [0.1, 0.15) is 24.8 Å². The summed E-state index contributed by atoms with van der Waals surface area (Å²) < 4.78 is 1.04. The number of nitrogens with zero attached hydrogens (tertiary/aromatic N) is 2. The first-order chi connectivity index (χ1) is 9.72. The van der Waals surface area contributed by atoms with E-state index in [9.17, 15) is 4.79 Å². The zero-order chi connectivity index (χ0) is 13.9. The summed E-state index contributed by atoms with van der Waals surface area (Å²) in [7, 11) is 0. The largest absolute Gasteiger partial charge is 0.351 e. The second-order valence-electron chi connectivity index (χ2n) is 4.91. The highest BCUT2D eigenvalue weighted by Crippen LogP contribution is 2.31. The molecule has 1 amide bonds. The van der Waals surface area contributed by atoms with Crippen LogP contribution in [0.25, 0.3) is 6.08 Å². The van der Waals surface area contributed by atoms with Gasteiger partial charge in [-0.05, 0) is 54.8 Å². The summed E-state index contributed by atoms with van der Waals surface area (Å²) in [6, 6.07) is 7.93. The van der Waals surface area contributed by atoms with Crippen molar-refractivity contribution in [3.05, 3.63) is 39.2 Å². The lowest BCUT2D eigenvalue weighted by atomic mass is 10.1. The molecule has 3 rings (SSSR count). The fourth-order valence-electron chi connectivity index (χ4n) is 2.33. The summed E-state index contributed by atoms with van der Waals surface area (Å²) in [5.41, 5.74) is 1.03. The number of amides is 1. The zero-order valence-corrected chi connectivity index (χ0v) is 13.4. The Balaban J connectivity index is 1.74. The maximum absolute atomic E-state index is 12.0. The number of amidine groups is 1. The standard InChI is InChI=1S/C15H15BrN2OS/c16-12-6-4-11(5-7-12)10-13-14(19)17-15(20-13)18-8-2-1-3-9-18/h4-7,10H,1-3,8-9H2. The number of rotatable bonds is 1. The smallest absolute Gasteiger partial charge is 0.286 e. The van der Waals surface area contributed by atoms with Gasteiger partial charge in [-0.1, -0.05) is 28.1 Å². The van der Waals surface area contributed by atoms with Crippen molar-refractivity contribution in [2.45, 2.75) is 19.3 Å². The van der Waals surface area contributed by atoms with E-state index >= 15 is 0 Å². The molecule has 0 spiro atoms. The van der Waals surface area contributed by atoms with E-state index in [-0.39, 0.29) is 5.91 Å². The number of piperidine rings is 1. The van der Waals surface area contributed by atoms with Gasteiger partial charge in [0.15, 0.2) is 5.17 Å². The van der Waals surface area contributed by atoms with E-state index in [1.54, 1.807) is 0 Å². The predicted octanol–water partition coefficient (Wildman–Crippen LogP) is 3.91. The summed E-state index contributed by atoms with van der Waals surface area (Å²) in [5.74, 6) is -0.113. The van der Waals surface area contributed by atoms with Gasteiger partial charge in [0.2, 0.25) is 0 Å². The second kappa shape index (κ2) is 6.14. The van der Waals surface area contributed by atoms with E-state index in [0.717, 1.165) is 28.3 Å². The van der Waals surface area contributed by atoms with Crippen molar-refractivity contribution in [3.63, 3.8) is 0 Å². The quantitative estimate of drug-likeness (QED) is 0.720. The maximum Gasteiger partial charge on any atom is 0.286 e. The Morgan fingerprint density at radius 1 is 1.15 bits per heavy atom. The Bertz CT molecular complexity index is 574. The Morgan fingerprint density at radius 3 is 2.55 bits per heavy atom. The normalized spacial score (nSPS) is 21.4. The van der Waals surface area contributed by atoms with E-state index in [4.69, 9.17) is 0 Å². The fraction of sp³-hybridized carbons (Fsp3) is 0.333. The van der Waals surface area contributed by atoms with Gasteiger partial charge in [-0.25, -0.2) is 0 Å². The van der Waals surface area contributed by atoms with Crippen LogP contribution in [-0.2, 0) is 4.79 Å². The molecule has 1 saturated heterocycles. The van der Waals surface area contributed by atoms with Crippen molar-refractivity contribution < 1.29 is 4.79 Å². The topological polar surface area (TPSA) is 32.7 Å². The monoisotopic (exact) mass is 350 g/mol. The minimum absolute atomic E-state index is 0.113. The number of carbonyl (C=O) groups is 1. The molecule has 0 radical (unpaired) electrons. The van der Waals surface area contributed by atoms with Crippen LogP contribution in [0.15, 0.2) is 38.6 Å². The van der Waals surface area contributed by atoms with E-state index in [1.165, 1.54) is 31.0 Å². The van der Waals surface area contributed by atoms with E-state index in [2.05, 4.69) is 25.8 Å². The molecular weight excluding hydrogens is 336 g/mol. The highest BCUT2D eigenvalue weighted by molar-refractivity contribution is 9.10. The third-order valence-corrected chi connectivity index (χ3v) is 4.98. The van der Waals surface area contributed by atoms with Crippen LogP contribution in [0.2, 0.25) is 0 Å². The number of likely N-dealkylation sites (tertiary alicyclic amines) is 1. The Kier molecular flexibility index (Phi) is 4.27. The number of carbonyl (C=O) groups excluding carboxylic acids is 1. The number of aliphatic imine (C=N–C) groups is 1. The molecule has 0 saturated carbocycles. The van der Waals surface area contributed by atoms with Crippen LogP contribution in [0.4, 0.5) is 0 Å². The van der Waals surface area contributed by atoms with Gasteiger partial charge in [0.25, 0.3) is 5.91 Å². The summed E-state index contributed by atoms with van der Waals surface area (Å²) in [5, 5.41) is 0.873. The van der Waals surface area contributed by atoms with Crippen molar-refractivity contribution >= 4 is 44.8 Å². The van der Waals surface area contributed by atoms with Gasteiger partial charge in [-0.3, -0.25) is 4.79 Å². The molecule has 0 N–H and O–H groups in total. The first kappa shape index (κ1) is 13.9. The Labute approximate surface area is 131 Å². The molecule has 0 atom stereocenters. The molecule has 2 heterocycles. The summed E-state index contributed by atoms with van der Waals surface area (Å²) in [6.07, 6.45) is 5.59. The Hall–Kier alpha value is -1.07. The minimum atomic E-state index is -0.113. The van der Waals surface area contributed by atoms with Gasteiger partial charge < -0.3 is 4.90 Å². The first-order valence-electron chi connectivity index (χ1n) is 6.75. The summed E-state index contributed by atoms with van der Waals surface area (Å²) in [4.78, 5) is 19.1. The van der Waals surface area contributed by atoms with E-state index < -0.39 is 0 Å². The fourth-order valence-corrected chi connectivity index (χ4v) is 3.56. The number of hydrogen-bond acceptors (Lipinski definition) is 3. The van der Waals surface area contributed by atoms with Crippen molar-refractivity contribution in [2.24, 2.45) is 4.99 Å². The lowest BCUT2D eigenvalue weighted by Gasteiger charge is -2.27. The molecule has 2 aliphatic heterocycles. The molecule has 0 unspecified atom stereocenters. The highest BCUT2D eigenvalue weighted by atomic mass is 79.9. The van der Waals surface area contributed by atoms with Crippen molar-refractivity contribution in [2.75, 3.05) is 13.1 Å². The van der Waals surface area contributed by atoms with Crippen LogP contribution >= 0.6 is 27.7 Å². The molecule has 0 aliphatic carbocycles. The number of thioether (sulfide) groups is 1. The Morgan fingerprint density at radius 2 is 1.85 bits per heavy atom. The molecule has 0 bridgehead atoms. The summed E-state index contributed by atoms with van der Waals surface area (Å²) in [6.45, 7) is 2.04. The molecule has 1 aromatic carbocycles. The van der Waals surface area contributed by atoms with Crippen LogP contribution < -0.4 is 0 Å². The van der Waals surface area contributed by atoms with Crippen molar-refractivity contribution in [3.8, 4) is 0 Å². The van der Waals surface area contributed by atoms with Gasteiger partial charge in [-0.15, -0.1) is 0 Å². The SMILES string of the molecule is O=C1N=C(N2CCCCC2)SC1=Cc1ccc(Br)cc1. The molecule has 5 heteroatoms. The molecule has 104 valence electrons. The van der Waals surface area contributed by atoms with Crippen LogP contribution in [0.3, 0.4) is 0 Å². The maximum atomic E-state index is 12.0. The molecule has 2 aliphatic rings. The van der Waals surface area contributed by atoms with Crippen molar-refractivity contribution in [1.29, 1.82) is 0 Å². The number of benzene rings is 1. The van der Waals surface area contributed by atoms with Crippen LogP contribution in [0.5, 0.6) is 0 Å². The number of halogens is 1. The molecule has 20 heavy (non-hydrogen) atoms. The highest BCUT2D eigenvalue weighted by Gasteiger charge is 2.26. The van der Waals surface area contributed by atoms with Crippen LogP contribution in [0, 0.1) is 0 Å². The second-order valence-corrected chi connectivity index (χ2v) is 6.83. The van der Waals surface area contributed by atoms with E-state index in [0.29, 0.717) is 4.91 Å². The van der Waals surface area contributed by atoms with Gasteiger partial charge in [0.1, 0.15) is 0 Å². The summed E-state index contributed by atoms with van der Waals surface area (Å²) >= 11 is 4.91. The van der Waals surface area contributed by atoms with Crippen molar-refractivity contribution in [1.82, 2.24) is 4.90 Å². The molecular formula is C15H15BrN2OS. The predicted molar refractivity (Wildman–Crippen MR) is 87.6 cm³/mol. The van der Waals surface area contributed by atoms with Crippen LogP contribution in [-0.4, -0.2) is 29.1 Å². The molecule has 0 aromatic heterocycles. The molecule has 1 fully saturated rings. The molecule has 1 aromatic rings. The van der Waals surface area contributed by atoms with Gasteiger partial charge in [0.05, 0.1) is 4.91 Å². The van der Waals surface area contributed by atoms with Gasteiger partial charge >= 0.3 is 0 Å². The lowest BCUT2D eigenvalue weighted by Crippen LogP contribution is -2.33. The molecule has 3 nitrogen and oxygen atoms in total. The average molecular weight is 351 g/mol. The zero-order valence-electron chi connectivity index (χ0n) is 11.0. The lowest BCUT2D eigenvalue weighted by molar-refractivity contribution is -0.113. The average Bonchev–Trinajstić information content (AvgIpc) is 2.84. The van der Waals surface area contributed by atoms with Gasteiger partial charge in [-0.2, -0.15) is 4.99 Å². The van der Waals surface area contributed by atoms with E-state index in [1.807, 2.05) is 30.3 Å². The third-order valence-electron chi connectivity index (χ3n) is 3.40. The first-order valence-corrected chi connectivity index (χ1v) is 8.36.